The van der Waals surface area contributed by atoms with Crippen LogP contribution in [0.5, 0.6) is 23.0 Å². The maximum atomic E-state index is 13.8. The molecular formula is C14H10BrFO3. The van der Waals surface area contributed by atoms with E-state index in [0.29, 0.717) is 22.6 Å². The Hall–Kier alpha value is -1.75. The molecule has 0 aliphatic carbocycles. The normalized spacial score (nSPS) is 12.5. The number of rotatable bonds is 3. The van der Waals surface area contributed by atoms with E-state index >= 15 is 0 Å². The fourth-order valence-corrected chi connectivity index (χ4v) is 2.27. The van der Waals surface area contributed by atoms with Gasteiger partial charge in [0.2, 0.25) is 6.79 Å². The Labute approximate surface area is 118 Å². The monoisotopic (exact) mass is 324 g/mol. The average Bonchev–Trinajstić information content (AvgIpc) is 2.88. The molecule has 0 spiro atoms. The van der Waals surface area contributed by atoms with Crippen molar-refractivity contribution < 1.29 is 18.6 Å². The molecule has 0 atom stereocenters. The SMILES string of the molecule is Fc1cccc(CBr)c1Oc1ccc2c(c1)OCO2. The molecule has 2 aromatic rings. The minimum Gasteiger partial charge on any atom is -0.454 e. The van der Waals surface area contributed by atoms with E-state index in [-0.39, 0.29) is 12.5 Å². The number of fused-ring (bicyclic) bond motifs is 1. The van der Waals surface area contributed by atoms with Gasteiger partial charge in [-0.2, -0.15) is 0 Å². The third-order valence-corrected chi connectivity index (χ3v) is 3.36. The zero-order chi connectivity index (χ0) is 13.2. The van der Waals surface area contributed by atoms with Crippen LogP contribution in [-0.4, -0.2) is 6.79 Å². The van der Waals surface area contributed by atoms with Crippen molar-refractivity contribution in [2.75, 3.05) is 6.79 Å². The third kappa shape index (κ3) is 2.38. The molecule has 0 saturated carbocycles. The number of ether oxygens (including phenoxy) is 3. The first-order valence-electron chi connectivity index (χ1n) is 5.69. The lowest BCUT2D eigenvalue weighted by molar-refractivity contribution is 0.174. The summed E-state index contributed by atoms with van der Waals surface area (Å²) in [7, 11) is 0. The summed E-state index contributed by atoms with van der Waals surface area (Å²) in [6.07, 6.45) is 0. The summed E-state index contributed by atoms with van der Waals surface area (Å²) in [5, 5.41) is 0.518. The molecule has 98 valence electrons. The highest BCUT2D eigenvalue weighted by Crippen LogP contribution is 2.38. The minimum absolute atomic E-state index is 0.200. The van der Waals surface area contributed by atoms with Crippen molar-refractivity contribution in [3.8, 4) is 23.0 Å². The molecule has 2 aromatic carbocycles. The number of alkyl halides is 1. The van der Waals surface area contributed by atoms with Crippen molar-refractivity contribution in [1.29, 1.82) is 0 Å². The molecule has 0 bridgehead atoms. The standard InChI is InChI=1S/C14H10BrFO3/c15-7-9-2-1-3-11(16)14(9)19-10-4-5-12-13(6-10)18-8-17-12/h1-6H,7-8H2. The molecule has 0 aromatic heterocycles. The summed E-state index contributed by atoms with van der Waals surface area (Å²) >= 11 is 3.31. The summed E-state index contributed by atoms with van der Waals surface area (Å²) in [4.78, 5) is 0. The predicted octanol–water partition coefficient (Wildman–Crippen LogP) is 4.24. The molecule has 0 amide bonds. The van der Waals surface area contributed by atoms with Gasteiger partial charge in [0.1, 0.15) is 5.75 Å². The summed E-state index contributed by atoms with van der Waals surface area (Å²) in [6.45, 7) is 0.200. The highest BCUT2D eigenvalue weighted by atomic mass is 79.9. The second-order valence-electron chi connectivity index (χ2n) is 3.98. The van der Waals surface area contributed by atoms with Crippen molar-refractivity contribution in [1.82, 2.24) is 0 Å². The van der Waals surface area contributed by atoms with Crippen LogP contribution in [0, 0.1) is 5.82 Å². The van der Waals surface area contributed by atoms with Crippen molar-refractivity contribution in [2.24, 2.45) is 0 Å². The smallest absolute Gasteiger partial charge is 0.231 e. The molecule has 1 heterocycles. The number of para-hydroxylation sites is 1. The van der Waals surface area contributed by atoms with Gasteiger partial charge in [0.15, 0.2) is 23.1 Å². The van der Waals surface area contributed by atoms with Crippen LogP contribution in [0.25, 0.3) is 0 Å². The van der Waals surface area contributed by atoms with Gasteiger partial charge >= 0.3 is 0 Å². The van der Waals surface area contributed by atoms with E-state index in [1.54, 1.807) is 30.3 Å². The van der Waals surface area contributed by atoms with E-state index < -0.39 is 5.82 Å². The fraction of sp³-hybridized carbons (Fsp3) is 0.143. The van der Waals surface area contributed by atoms with E-state index in [1.165, 1.54) is 6.07 Å². The van der Waals surface area contributed by atoms with Gasteiger partial charge in [-0.3, -0.25) is 0 Å². The van der Waals surface area contributed by atoms with Gasteiger partial charge in [-0.05, 0) is 18.2 Å². The zero-order valence-electron chi connectivity index (χ0n) is 9.86. The lowest BCUT2D eigenvalue weighted by Crippen LogP contribution is -1.93. The van der Waals surface area contributed by atoms with Crippen LogP contribution in [0.1, 0.15) is 5.56 Å². The molecule has 3 nitrogen and oxygen atoms in total. The van der Waals surface area contributed by atoms with Gasteiger partial charge in [-0.15, -0.1) is 0 Å². The van der Waals surface area contributed by atoms with Gasteiger partial charge in [-0.25, -0.2) is 4.39 Å². The average molecular weight is 325 g/mol. The van der Waals surface area contributed by atoms with Crippen LogP contribution in [0.3, 0.4) is 0 Å². The van der Waals surface area contributed by atoms with Gasteiger partial charge < -0.3 is 14.2 Å². The molecule has 1 aliphatic rings. The van der Waals surface area contributed by atoms with E-state index in [9.17, 15) is 4.39 Å². The Kier molecular flexibility index (Phi) is 3.29. The quantitative estimate of drug-likeness (QED) is 0.790. The van der Waals surface area contributed by atoms with Crippen molar-refractivity contribution in [3.63, 3.8) is 0 Å². The molecule has 0 fully saturated rings. The number of hydrogen-bond acceptors (Lipinski definition) is 3. The third-order valence-electron chi connectivity index (χ3n) is 2.76. The van der Waals surface area contributed by atoms with Gasteiger partial charge in [0, 0.05) is 17.0 Å². The largest absolute Gasteiger partial charge is 0.454 e. The van der Waals surface area contributed by atoms with Gasteiger partial charge in [0.25, 0.3) is 0 Å². The first-order chi connectivity index (χ1) is 9.28. The second-order valence-corrected chi connectivity index (χ2v) is 4.54. The Bertz CT molecular complexity index is 616. The molecule has 0 saturated heterocycles. The first kappa shape index (κ1) is 12.3. The zero-order valence-corrected chi connectivity index (χ0v) is 11.4. The van der Waals surface area contributed by atoms with E-state index in [2.05, 4.69) is 15.9 Å². The number of benzene rings is 2. The molecular weight excluding hydrogens is 315 g/mol. The Morgan fingerprint density at radius 3 is 2.84 bits per heavy atom. The van der Waals surface area contributed by atoms with Crippen LogP contribution in [-0.2, 0) is 5.33 Å². The van der Waals surface area contributed by atoms with E-state index in [4.69, 9.17) is 14.2 Å². The highest BCUT2D eigenvalue weighted by molar-refractivity contribution is 9.08. The predicted molar refractivity (Wildman–Crippen MR) is 71.7 cm³/mol. The van der Waals surface area contributed by atoms with Crippen LogP contribution in [0.15, 0.2) is 36.4 Å². The summed E-state index contributed by atoms with van der Waals surface area (Å²) < 4.78 is 29.9. The van der Waals surface area contributed by atoms with E-state index in [0.717, 1.165) is 5.56 Å². The molecule has 19 heavy (non-hydrogen) atoms. The summed E-state index contributed by atoms with van der Waals surface area (Å²) in [6, 6.07) is 9.98. The summed E-state index contributed by atoms with van der Waals surface area (Å²) in [5.41, 5.74) is 0.748. The topological polar surface area (TPSA) is 27.7 Å². The van der Waals surface area contributed by atoms with Crippen LogP contribution < -0.4 is 14.2 Å². The van der Waals surface area contributed by atoms with Crippen molar-refractivity contribution in [2.45, 2.75) is 5.33 Å². The number of hydrogen-bond donors (Lipinski definition) is 0. The molecule has 0 radical (unpaired) electrons. The fourth-order valence-electron chi connectivity index (χ4n) is 1.83. The van der Waals surface area contributed by atoms with Gasteiger partial charge in [0.05, 0.1) is 0 Å². The van der Waals surface area contributed by atoms with Crippen molar-refractivity contribution in [3.05, 3.63) is 47.8 Å². The Balaban J connectivity index is 1.93. The molecule has 0 N–H and O–H groups in total. The highest BCUT2D eigenvalue weighted by Gasteiger charge is 2.16. The number of halogens is 2. The van der Waals surface area contributed by atoms with Crippen LogP contribution >= 0.6 is 15.9 Å². The van der Waals surface area contributed by atoms with Gasteiger partial charge in [-0.1, -0.05) is 28.1 Å². The lowest BCUT2D eigenvalue weighted by atomic mass is 10.2. The van der Waals surface area contributed by atoms with Crippen molar-refractivity contribution >= 4 is 15.9 Å². The molecule has 5 heteroatoms. The van der Waals surface area contributed by atoms with Crippen LogP contribution in [0.4, 0.5) is 4.39 Å². The molecule has 1 aliphatic heterocycles. The molecule has 3 rings (SSSR count). The molecule has 0 unspecified atom stereocenters. The maximum Gasteiger partial charge on any atom is 0.231 e. The first-order valence-corrected chi connectivity index (χ1v) is 6.81. The maximum absolute atomic E-state index is 13.8. The Morgan fingerprint density at radius 2 is 2.00 bits per heavy atom. The summed E-state index contributed by atoms with van der Waals surface area (Å²) in [5.74, 6) is 1.61. The van der Waals surface area contributed by atoms with Crippen LogP contribution in [0.2, 0.25) is 0 Å². The Morgan fingerprint density at radius 1 is 1.16 bits per heavy atom. The lowest BCUT2D eigenvalue weighted by Gasteiger charge is -2.10. The second kappa shape index (κ2) is 5.09. The minimum atomic E-state index is -0.394. The van der Waals surface area contributed by atoms with E-state index in [1.807, 2.05) is 0 Å².